The van der Waals surface area contributed by atoms with Gasteiger partial charge in [-0.1, -0.05) is 47.6 Å². The third kappa shape index (κ3) is 4.50. The van der Waals surface area contributed by atoms with E-state index in [1.165, 1.54) is 0 Å². The van der Waals surface area contributed by atoms with Gasteiger partial charge in [0.1, 0.15) is 0 Å². The van der Waals surface area contributed by atoms with E-state index < -0.39 is 0 Å². The molecule has 2 heterocycles. The van der Waals surface area contributed by atoms with Crippen LogP contribution in [0.5, 0.6) is 0 Å². The fourth-order valence-electron chi connectivity index (χ4n) is 3.12. The monoisotopic (exact) mass is 437 g/mol. The molecule has 0 saturated carbocycles. The summed E-state index contributed by atoms with van der Waals surface area (Å²) in [5.41, 5.74) is 4.17. The predicted molar refractivity (Wildman–Crippen MR) is 120 cm³/mol. The molecule has 2 aromatic heterocycles. The second-order valence-electron chi connectivity index (χ2n) is 6.61. The number of benzene rings is 2. The Morgan fingerprint density at radius 1 is 1.13 bits per heavy atom. The molecule has 0 aliphatic rings. The van der Waals surface area contributed by atoms with Crippen molar-refractivity contribution in [3.63, 3.8) is 0 Å². The maximum absolute atomic E-state index is 12.1. The summed E-state index contributed by atoms with van der Waals surface area (Å²) in [4.78, 5) is 21.4. The lowest BCUT2D eigenvalue weighted by atomic mass is 10.2. The van der Waals surface area contributed by atoms with Crippen molar-refractivity contribution in [2.24, 2.45) is 0 Å². The van der Waals surface area contributed by atoms with Crippen LogP contribution < -0.4 is 0 Å². The van der Waals surface area contributed by atoms with E-state index in [0.717, 1.165) is 32.5 Å². The third-order valence-corrected chi connectivity index (χ3v) is 5.98. The predicted octanol–water partition coefficient (Wildman–Crippen LogP) is 5.60. The standard InChI is InChI=1S/C23H20ClN3O2S/c1-2-29-22(28)16-10-11-21-20(13-16)26-23(27(21)14-18-8-5-6-12-25-18)30-15-17-7-3-4-9-19(17)24/h3-13H,2,14-15H2,1H3. The number of rotatable bonds is 7. The number of ether oxygens (including phenoxy) is 1. The molecule has 0 atom stereocenters. The summed E-state index contributed by atoms with van der Waals surface area (Å²) < 4.78 is 7.24. The zero-order chi connectivity index (χ0) is 20.9. The molecule has 5 nitrogen and oxygen atoms in total. The molecule has 152 valence electrons. The van der Waals surface area contributed by atoms with Crippen molar-refractivity contribution >= 4 is 40.4 Å². The van der Waals surface area contributed by atoms with Crippen molar-refractivity contribution in [1.82, 2.24) is 14.5 Å². The molecule has 0 spiro atoms. The first-order valence-corrected chi connectivity index (χ1v) is 11.0. The van der Waals surface area contributed by atoms with Crippen LogP contribution in [0.4, 0.5) is 0 Å². The normalized spacial score (nSPS) is 11.0. The van der Waals surface area contributed by atoms with Crippen LogP contribution in [0.25, 0.3) is 11.0 Å². The summed E-state index contributed by atoms with van der Waals surface area (Å²) in [5.74, 6) is 0.347. The van der Waals surface area contributed by atoms with E-state index in [2.05, 4.69) is 9.55 Å². The lowest BCUT2D eigenvalue weighted by Crippen LogP contribution is -2.05. The van der Waals surface area contributed by atoms with Crippen molar-refractivity contribution in [2.45, 2.75) is 24.4 Å². The van der Waals surface area contributed by atoms with Gasteiger partial charge < -0.3 is 9.30 Å². The zero-order valence-electron chi connectivity index (χ0n) is 16.4. The summed E-state index contributed by atoms with van der Waals surface area (Å²) >= 11 is 7.93. The Kier molecular flexibility index (Phi) is 6.35. The Balaban J connectivity index is 1.71. The van der Waals surface area contributed by atoms with E-state index >= 15 is 0 Å². The van der Waals surface area contributed by atoms with Gasteiger partial charge >= 0.3 is 5.97 Å². The highest BCUT2D eigenvalue weighted by molar-refractivity contribution is 7.98. The van der Waals surface area contributed by atoms with Crippen LogP contribution in [0.3, 0.4) is 0 Å². The highest BCUT2D eigenvalue weighted by Crippen LogP contribution is 2.30. The molecule has 2 aromatic carbocycles. The molecule has 4 aromatic rings. The summed E-state index contributed by atoms with van der Waals surface area (Å²) in [5, 5.41) is 1.58. The molecule has 0 radical (unpaired) electrons. The number of esters is 1. The second-order valence-corrected chi connectivity index (χ2v) is 7.96. The minimum atomic E-state index is -0.344. The van der Waals surface area contributed by atoms with Gasteiger partial charge in [-0.3, -0.25) is 4.98 Å². The molecule has 0 saturated heterocycles. The highest BCUT2D eigenvalue weighted by Gasteiger charge is 2.16. The Hall–Kier alpha value is -2.83. The maximum Gasteiger partial charge on any atom is 0.338 e. The molecule has 0 fully saturated rings. The highest BCUT2D eigenvalue weighted by atomic mass is 35.5. The van der Waals surface area contributed by atoms with Crippen LogP contribution in [0, 0.1) is 0 Å². The number of carbonyl (C=O) groups is 1. The minimum absolute atomic E-state index is 0.337. The number of imidazole rings is 1. The zero-order valence-corrected chi connectivity index (χ0v) is 18.0. The number of aromatic nitrogens is 3. The van der Waals surface area contributed by atoms with Crippen LogP contribution in [-0.4, -0.2) is 27.1 Å². The second kappa shape index (κ2) is 9.32. The number of halogens is 1. The third-order valence-electron chi connectivity index (χ3n) is 4.59. The molecule has 0 N–H and O–H groups in total. The van der Waals surface area contributed by atoms with Gasteiger partial charge in [-0.25, -0.2) is 9.78 Å². The molecular formula is C23H20ClN3O2S. The van der Waals surface area contributed by atoms with Crippen LogP contribution in [-0.2, 0) is 17.0 Å². The molecule has 0 bridgehead atoms. The van der Waals surface area contributed by atoms with Crippen molar-refractivity contribution in [3.8, 4) is 0 Å². The van der Waals surface area contributed by atoms with E-state index in [9.17, 15) is 4.79 Å². The Labute approximate surface area is 184 Å². The average Bonchev–Trinajstić information content (AvgIpc) is 3.10. The number of thioether (sulfide) groups is 1. The minimum Gasteiger partial charge on any atom is -0.462 e. The summed E-state index contributed by atoms with van der Waals surface area (Å²) in [6, 6.07) is 19.1. The van der Waals surface area contributed by atoms with E-state index in [0.29, 0.717) is 24.5 Å². The van der Waals surface area contributed by atoms with Gasteiger partial charge in [0.2, 0.25) is 0 Å². The fraction of sp³-hybridized carbons (Fsp3) is 0.174. The van der Waals surface area contributed by atoms with Gasteiger partial charge in [-0.15, -0.1) is 0 Å². The fourth-order valence-corrected chi connectivity index (χ4v) is 4.42. The number of nitrogens with zero attached hydrogens (tertiary/aromatic N) is 3. The lowest BCUT2D eigenvalue weighted by Gasteiger charge is -2.09. The molecular weight excluding hydrogens is 418 g/mol. The molecule has 4 rings (SSSR count). The van der Waals surface area contributed by atoms with E-state index in [4.69, 9.17) is 21.3 Å². The van der Waals surface area contributed by atoms with Gasteiger partial charge in [0.15, 0.2) is 5.16 Å². The topological polar surface area (TPSA) is 57.0 Å². The van der Waals surface area contributed by atoms with Crippen molar-refractivity contribution < 1.29 is 9.53 Å². The van der Waals surface area contributed by atoms with Crippen LogP contribution >= 0.6 is 23.4 Å². The Morgan fingerprint density at radius 2 is 1.97 bits per heavy atom. The first kappa shape index (κ1) is 20.4. The van der Waals surface area contributed by atoms with Crippen molar-refractivity contribution in [2.75, 3.05) is 6.61 Å². The summed E-state index contributed by atoms with van der Waals surface area (Å²) in [7, 11) is 0. The summed E-state index contributed by atoms with van der Waals surface area (Å²) in [6.45, 7) is 2.71. The largest absolute Gasteiger partial charge is 0.462 e. The van der Waals surface area contributed by atoms with Crippen LogP contribution in [0.2, 0.25) is 5.02 Å². The quantitative estimate of drug-likeness (QED) is 0.278. The molecule has 30 heavy (non-hydrogen) atoms. The number of pyridine rings is 1. The van der Waals surface area contributed by atoms with Crippen LogP contribution in [0.15, 0.2) is 72.0 Å². The first-order valence-electron chi connectivity index (χ1n) is 9.59. The number of hydrogen-bond donors (Lipinski definition) is 0. The smallest absolute Gasteiger partial charge is 0.338 e. The number of fused-ring (bicyclic) bond motifs is 1. The van der Waals surface area contributed by atoms with E-state index in [1.807, 2.05) is 48.5 Å². The lowest BCUT2D eigenvalue weighted by molar-refractivity contribution is 0.0526. The molecule has 7 heteroatoms. The number of hydrogen-bond acceptors (Lipinski definition) is 5. The van der Waals surface area contributed by atoms with E-state index in [1.54, 1.807) is 37.0 Å². The first-order chi connectivity index (χ1) is 14.7. The van der Waals surface area contributed by atoms with Gasteiger partial charge in [-0.05, 0) is 48.9 Å². The Bertz CT molecular complexity index is 1180. The molecule has 0 aliphatic carbocycles. The number of carbonyl (C=O) groups excluding carboxylic acids is 1. The summed E-state index contributed by atoms with van der Waals surface area (Å²) in [6.07, 6.45) is 1.78. The van der Waals surface area contributed by atoms with Gasteiger partial charge in [0, 0.05) is 17.0 Å². The van der Waals surface area contributed by atoms with Gasteiger partial charge in [0.25, 0.3) is 0 Å². The van der Waals surface area contributed by atoms with Crippen molar-refractivity contribution in [3.05, 3.63) is 88.7 Å². The molecule has 0 amide bonds. The Morgan fingerprint density at radius 3 is 2.73 bits per heavy atom. The van der Waals surface area contributed by atoms with E-state index in [-0.39, 0.29) is 5.97 Å². The average molecular weight is 438 g/mol. The van der Waals surface area contributed by atoms with Gasteiger partial charge in [-0.2, -0.15) is 0 Å². The van der Waals surface area contributed by atoms with Crippen molar-refractivity contribution in [1.29, 1.82) is 0 Å². The SMILES string of the molecule is CCOC(=O)c1ccc2c(c1)nc(SCc1ccccc1Cl)n2Cc1ccccn1. The van der Waals surface area contributed by atoms with Crippen LogP contribution in [0.1, 0.15) is 28.5 Å². The maximum atomic E-state index is 12.1. The molecule has 0 unspecified atom stereocenters. The van der Waals surface area contributed by atoms with Gasteiger partial charge in [0.05, 0.1) is 35.4 Å². The molecule has 0 aliphatic heterocycles.